The molecule has 26 heavy (non-hydrogen) atoms. The van der Waals surface area contributed by atoms with Crippen molar-refractivity contribution in [2.24, 2.45) is 0 Å². The van der Waals surface area contributed by atoms with E-state index in [0.717, 1.165) is 29.2 Å². The molecule has 2 rings (SSSR count). The summed E-state index contributed by atoms with van der Waals surface area (Å²) < 4.78 is 16.6. The van der Waals surface area contributed by atoms with Gasteiger partial charge in [0, 0.05) is 12.1 Å². The molecule has 0 aliphatic heterocycles. The van der Waals surface area contributed by atoms with Crippen LogP contribution in [0.25, 0.3) is 0 Å². The molecule has 0 unspecified atom stereocenters. The standard InChI is InChI=1S/C21H27NO4/c1-4-24-18-10-8-17(9-11-18)21(23)22-14-13-16-7-12-19(25-5-2)20(15-16)26-6-3/h7-12,15H,4-6,13-14H2,1-3H3,(H,22,23). The number of rotatable bonds is 10. The van der Waals surface area contributed by atoms with Gasteiger partial charge < -0.3 is 19.5 Å². The minimum Gasteiger partial charge on any atom is -0.494 e. The Morgan fingerprint density at radius 1 is 0.846 bits per heavy atom. The lowest BCUT2D eigenvalue weighted by Gasteiger charge is -2.12. The Kier molecular flexibility index (Phi) is 7.80. The van der Waals surface area contributed by atoms with Gasteiger partial charge in [0.25, 0.3) is 5.91 Å². The van der Waals surface area contributed by atoms with Crippen molar-refractivity contribution in [3.63, 3.8) is 0 Å². The van der Waals surface area contributed by atoms with E-state index in [9.17, 15) is 4.79 Å². The van der Waals surface area contributed by atoms with Crippen molar-refractivity contribution in [1.29, 1.82) is 0 Å². The fraction of sp³-hybridized carbons (Fsp3) is 0.381. The third-order valence-corrected chi connectivity index (χ3v) is 3.73. The minimum atomic E-state index is -0.0935. The zero-order valence-corrected chi connectivity index (χ0v) is 15.7. The van der Waals surface area contributed by atoms with Crippen molar-refractivity contribution in [3.05, 3.63) is 53.6 Å². The van der Waals surface area contributed by atoms with E-state index in [1.807, 2.05) is 39.0 Å². The Morgan fingerprint density at radius 3 is 2.15 bits per heavy atom. The van der Waals surface area contributed by atoms with Gasteiger partial charge in [-0.3, -0.25) is 4.79 Å². The van der Waals surface area contributed by atoms with Crippen molar-refractivity contribution in [2.75, 3.05) is 26.4 Å². The average molecular weight is 357 g/mol. The second kappa shape index (κ2) is 10.3. The van der Waals surface area contributed by atoms with E-state index in [4.69, 9.17) is 14.2 Å². The lowest BCUT2D eigenvalue weighted by molar-refractivity contribution is 0.0954. The molecule has 1 amide bonds. The highest BCUT2D eigenvalue weighted by Crippen LogP contribution is 2.28. The molecule has 2 aromatic carbocycles. The van der Waals surface area contributed by atoms with Gasteiger partial charge in [-0.05, 0) is 69.2 Å². The quantitative estimate of drug-likeness (QED) is 0.702. The van der Waals surface area contributed by atoms with Gasteiger partial charge in [0.05, 0.1) is 19.8 Å². The summed E-state index contributed by atoms with van der Waals surface area (Å²) in [5.41, 5.74) is 1.71. The Morgan fingerprint density at radius 2 is 1.50 bits per heavy atom. The van der Waals surface area contributed by atoms with Gasteiger partial charge in [0.15, 0.2) is 11.5 Å². The summed E-state index contributed by atoms with van der Waals surface area (Å²) in [6.45, 7) is 8.15. The van der Waals surface area contributed by atoms with Crippen molar-refractivity contribution in [1.82, 2.24) is 5.32 Å². The number of hydrogen-bond donors (Lipinski definition) is 1. The van der Waals surface area contributed by atoms with Crippen molar-refractivity contribution < 1.29 is 19.0 Å². The van der Waals surface area contributed by atoms with Crippen LogP contribution in [0.3, 0.4) is 0 Å². The number of carbonyl (C=O) groups excluding carboxylic acids is 1. The van der Waals surface area contributed by atoms with Crippen LogP contribution in [-0.2, 0) is 6.42 Å². The first-order valence-electron chi connectivity index (χ1n) is 9.07. The van der Waals surface area contributed by atoms with Gasteiger partial charge in [-0.2, -0.15) is 0 Å². The average Bonchev–Trinajstić information content (AvgIpc) is 2.65. The van der Waals surface area contributed by atoms with Gasteiger partial charge in [0.1, 0.15) is 5.75 Å². The van der Waals surface area contributed by atoms with E-state index in [1.54, 1.807) is 24.3 Å². The molecule has 0 saturated carbocycles. The van der Waals surface area contributed by atoms with Gasteiger partial charge in [-0.15, -0.1) is 0 Å². The van der Waals surface area contributed by atoms with Crippen molar-refractivity contribution in [3.8, 4) is 17.2 Å². The molecule has 2 aromatic rings. The second-order valence-corrected chi connectivity index (χ2v) is 5.61. The smallest absolute Gasteiger partial charge is 0.251 e. The third-order valence-electron chi connectivity index (χ3n) is 3.73. The topological polar surface area (TPSA) is 56.8 Å². The molecule has 1 N–H and O–H groups in total. The maximum Gasteiger partial charge on any atom is 0.251 e. The Bertz CT molecular complexity index is 698. The van der Waals surface area contributed by atoms with Crippen LogP contribution in [0.15, 0.2) is 42.5 Å². The number of benzene rings is 2. The second-order valence-electron chi connectivity index (χ2n) is 5.61. The molecule has 0 heterocycles. The van der Waals surface area contributed by atoms with Crippen LogP contribution in [0.5, 0.6) is 17.2 Å². The molecule has 5 nitrogen and oxygen atoms in total. The first kappa shape index (κ1) is 19.6. The van der Waals surface area contributed by atoms with Crippen LogP contribution in [0, 0.1) is 0 Å². The summed E-state index contributed by atoms with van der Waals surface area (Å²) in [5, 5.41) is 2.94. The summed E-state index contributed by atoms with van der Waals surface area (Å²) in [7, 11) is 0. The number of hydrogen-bond acceptors (Lipinski definition) is 4. The van der Waals surface area contributed by atoms with E-state index in [1.165, 1.54) is 0 Å². The molecule has 0 aliphatic rings. The van der Waals surface area contributed by atoms with E-state index >= 15 is 0 Å². The maximum absolute atomic E-state index is 12.2. The first-order chi connectivity index (χ1) is 12.7. The normalized spacial score (nSPS) is 10.3. The Balaban J connectivity index is 1.90. The highest BCUT2D eigenvalue weighted by molar-refractivity contribution is 5.94. The fourth-order valence-electron chi connectivity index (χ4n) is 2.54. The van der Waals surface area contributed by atoms with Gasteiger partial charge in [-0.25, -0.2) is 0 Å². The lowest BCUT2D eigenvalue weighted by atomic mass is 10.1. The van der Waals surface area contributed by atoms with E-state index in [2.05, 4.69) is 5.32 Å². The molecule has 0 atom stereocenters. The SMILES string of the molecule is CCOc1ccc(C(=O)NCCc2ccc(OCC)c(OCC)c2)cc1. The zero-order chi connectivity index (χ0) is 18.8. The Hall–Kier alpha value is -2.69. The third kappa shape index (κ3) is 5.69. The number of carbonyl (C=O) groups is 1. The summed E-state index contributed by atoms with van der Waals surface area (Å²) in [6, 6.07) is 13.0. The lowest BCUT2D eigenvalue weighted by Crippen LogP contribution is -2.25. The van der Waals surface area contributed by atoms with Crippen LogP contribution in [0.2, 0.25) is 0 Å². The summed E-state index contributed by atoms with van der Waals surface area (Å²) >= 11 is 0. The Labute approximate surface area is 155 Å². The van der Waals surface area contributed by atoms with Crippen LogP contribution in [0.4, 0.5) is 0 Å². The molecule has 0 aliphatic carbocycles. The highest BCUT2D eigenvalue weighted by Gasteiger charge is 2.08. The number of amides is 1. The molecular formula is C21H27NO4. The van der Waals surface area contributed by atoms with Crippen LogP contribution >= 0.6 is 0 Å². The van der Waals surface area contributed by atoms with E-state index in [0.29, 0.717) is 31.9 Å². The van der Waals surface area contributed by atoms with Crippen LogP contribution in [-0.4, -0.2) is 32.3 Å². The summed E-state index contributed by atoms with van der Waals surface area (Å²) in [4.78, 5) is 12.2. The number of nitrogens with one attached hydrogen (secondary N) is 1. The zero-order valence-electron chi connectivity index (χ0n) is 15.7. The molecule has 140 valence electrons. The summed E-state index contributed by atoms with van der Waals surface area (Å²) in [5.74, 6) is 2.16. The molecule has 5 heteroatoms. The molecule has 0 saturated heterocycles. The molecule has 0 aromatic heterocycles. The van der Waals surface area contributed by atoms with Gasteiger partial charge in [0.2, 0.25) is 0 Å². The fourth-order valence-corrected chi connectivity index (χ4v) is 2.54. The number of ether oxygens (including phenoxy) is 3. The van der Waals surface area contributed by atoms with E-state index in [-0.39, 0.29) is 5.91 Å². The maximum atomic E-state index is 12.2. The van der Waals surface area contributed by atoms with Gasteiger partial charge >= 0.3 is 0 Å². The summed E-state index contributed by atoms with van der Waals surface area (Å²) in [6.07, 6.45) is 0.718. The van der Waals surface area contributed by atoms with Crippen LogP contribution in [0.1, 0.15) is 36.7 Å². The van der Waals surface area contributed by atoms with Crippen molar-refractivity contribution in [2.45, 2.75) is 27.2 Å². The first-order valence-corrected chi connectivity index (χ1v) is 9.07. The minimum absolute atomic E-state index is 0.0935. The van der Waals surface area contributed by atoms with Crippen molar-refractivity contribution >= 4 is 5.91 Å². The highest BCUT2D eigenvalue weighted by atomic mass is 16.5. The monoisotopic (exact) mass is 357 g/mol. The van der Waals surface area contributed by atoms with Crippen LogP contribution < -0.4 is 19.5 Å². The van der Waals surface area contributed by atoms with Gasteiger partial charge in [-0.1, -0.05) is 6.07 Å². The predicted molar refractivity (Wildman–Crippen MR) is 102 cm³/mol. The molecule has 0 bridgehead atoms. The molecular weight excluding hydrogens is 330 g/mol. The predicted octanol–water partition coefficient (Wildman–Crippen LogP) is 3.86. The molecule has 0 fully saturated rings. The van der Waals surface area contributed by atoms with E-state index < -0.39 is 0 Å². The largest absolute Gasteiger partial charge is 0.494 e. The molecule has 0 spiro atoms. The molecule has 0 radical (unpaired) electrons.